The molecule has 1 atom stereocenters. The van der Waals surface area contributed by atoms with Crippen molar-refractivity contribution in [3.05, 3.63) is 30.6 Å². The van der Waals surface area contributed by atoms with Crippen LogP contribution in [0.1, 0.15) is 19.8 Å². The number of carbonyl (C=O) groups excluding carboxylic acids is 1. The highest BCUT2D eigenvalue weighted by Crippen LogP contribution is 2.18. The molecule has 7 heteroatoms. The van der Waals surface area contributed by atoms with E-state index < -0.39 is 0 Å². The molecular weight excluding hydrogens is 244 g/mol. The normalized spacial score (nSPS) is 12.1. The third-order valence-corrected chi connectivity index (χ3v) is 2.60. The van der Waals surface area contributed by atoms with Crippen molar-refractivity contribution in [1.82, 2.24) is 20.2 Å². The predicted octanol–water partition coefficient (Wildman–Crippen LogP) is 0.728. The second-order valence-corrected chi connectivity index (χ2v) is 4.34. The zero-order valence-corrected chi connectivity index (χ0v) is 10.7. The Morgan fingerprint density at radius 3 is 2.95 bits per heavy atom. The van der Waals surface area contributed by atoms with Crippen LogP contribution in [0.3, 0.4) is 0 Å². The second kappa shape index (κ2) is 6.05. The lowest BCUT2D eigenvalue weighted by molar-refractivity contribution is -0.116. The Morgan fingerprint density at radius 2 is 2.26 bits per heavy atom. The third kappa shape index (κ3) is 3.59. The number of anilines is 1. The van der Waals surface area contributed by atoms with Gasteiger partial charge in [0.1, 0.15) is 6.33 Å². The smallest absolute Gasteiger partial charge is 0.224 e. The van der Waals surface area contributed by atoms with Crippen LogP contribution in [0, 0.1) is 0 Å². The first kappa shape index (κ1) is 13.2. The van der Waals surface area contributed by atoms with Gasteiger partial charge in [-0.2, -0.15) is 4.68 Å². The van der Waals surface area contributed by atoms with Crippen molar-refractivity contribution in [2.45, 2.75) is 25.8 Å². The molecule has 0 fully saturated rings. The van der Waals surface area contributed by atoms with Gasteiger partial charge in [-0.05, 0) is 35.9 Å². The molecule has 0 saturated heterocycles. The van der Waals surface area contributed by atoms with E-state index >= 15 is 0 Å². The van der Waals surface area contributed by atoms with E-state index in [0.29, 0.717) is 18.5 Å². The molecule has 1 amide bonds. The van der Waals surface area contributed by atoms with Crippen molar-refractivity contribution >= 4 is 11.6 Å². The summed E-state index contributed by atoms with van der Waals surface area (Å²) in [6.07, 6.45) is 2.52. The van der Waals surface area contributed by atoms with E-state index in [4.69, 9.17) is 5.73 Å². The quantitative estimate of drug-likeness (QED) is 0.825. The Morgan fingerprint density at radius 1 is 1.47 bits per heavy atom. The van der Waals surface area contributed by atoms with Crippen LogP contribution >= 0.6 is 0 Å². The number of nitrogens with zero attached hydrogens (tertiary/aromatic N) is 4. The standard InChI is InChI=1S/C12H16N6O/c1-9(13)6-7-12(19)15-10-4-2-3-5-11(10)18-8-14-16-17-18/h2-5,8-9H,6-7,13H2,1H3,(H,15,19). The third-order valence-electron chi connectivity index (χ3n) is 2.60. The lowest BCUT2D eigenvalue weighted by Gasteiger charge is -2.10. The molecule has 2 aromatic rings. The zero-order valence-electron chi connectivity index (χ0n) is 10.7. The van der Waals surface area contributed by atoms with Crippen LogP contribution in [0.4, 0.5) is 5.69 Å². The van der Waals surface area contributed by atoms with E-state index in [1.165, 1.54) is 11.0 Å². The number of rotatable bonds is 5. The van der Waals surface area contributed by atoms with Crippen LogP contribution in [-0.2, 0) is 4.79 Å². The summed E-state index contributed by atoms with van der Waals surface area (Å²) < 4.78 is 1.50. The number of nitrogens with two attached hydrogens (primary N) is 1. The summed E-state index contributed by atoms with van der Waals surface area (Å²) in [4.78, 5) is 11.8. The molecular formula is C12H16N6O. The molecule has 2 rings (SSSR count). The van der Waals surface area contributed by atoms with E-state index in [1.54, 1.807) is 6.07 Å². The Hall–Kier alpha value is -2.28. The second-order valence-electron chi connectivity index (χ2n) is 4.34. The van der Waals surface area contributed by atoms with Gasteiger partial charge in [0.25, 0.3) is 0 Å². The maximum atomic E-state index is 11.8. The number of aromatic nitrogens is 4. The molecule has 100 valence electrons. The fraction of sp³-hybridized carbons (Fsp3) is 0.333. The number of benzene rings is 1. The van der Waals surface area contributed by atoms with Crippen molar-refractivity contribution in [2.75, 3.05) is 5.32 Å². The van der Waals surface area contributed by atoms with Crippen molar-refractivity contribution in [2.24, 2.45) is 5.73 Å². The first-order valence-corrected chi connectivity index (χ1v) is 6.04. The van der Waals surface area contributed by atoms with Gasteiger partial charge in [0, 0.05) is 12.5 Å². The Bertz CT molecular complexity index is 537. The van der Waals surface area contributed by atoms with Gasteiger partial charge in [-0.1, -0.05) is 12.1 Å². The highest BCUT2D eigenvalue weighted by atomic mass is 16.1. The minimum atomic E-state index is -0.0715. The van der Waals surface area contributed by atoms with Gasteiger partial charge in [-0.25, -0.2) is 0 Å². The largest absolute Gasteiger partial charge is 0.328 e. The molecule has 1 aromatic carbocycles. The minimum absolute atomic E-state index is 0.0144. The SMILES string of the molecule is CC(N)CCC(=O)Nc1ccccc1-n1cnnn1. The average molecular weight is 260 g/mol. The Labute approximate surface area is 110 Å². The molecule has 3 N–H and O–H groups in total. The lowest BCUT2D eigenvalue weighted by Crippen LogP contribution is -2.20. The van der Waals surface area contributed by atoms with Gasteiger partial charge in [0.2, 0.25) is 5.91 Å². The molecule has 0 radical (unpaired) electrons. The summed E-state index contributed by atoms with van der Waals surface area (Å²) in [5.74, 6) is -0.0715. The summed E-state index contributed by atoms with van der Waals surface area (Å²) >= 11 is 0. The Balaban J connectivity index is 2.10. The maximum absolute atomic E-state index is 11.8. The first-order chi connectivity index (χ1) is 9.16. The lowest BCUT2D eigenvalue weighted by atomic mass is 10.2. The topological polar surface area (TPSA) is 98.7 Å². The average Bonchev–Trinajstić information content (AvgIpc) is 2.91. The van der Waals surface area contributed by atoms with E-state index in [9.17, 15) is 4.79 Å². The van der Waals surface area contributed by atoms with Crippen LogP contribution in [0.2, 0.25) is 0 Å². The summed E-state index contributed by atoms with van der Waals surface area (Å²) in [6.45, 7) is 1.88. The van der Waals surface area contributed by atoms with Crippen LogP contribution in [0.5, 0.6) is 0 Å². The number of nitrogens with one attached hydrogen (secondary N) is 1. The molecule has 0 spiro atoms. The minimum Gasteiger partial charge on any atom is -0.328 e. The van der Waals surface area contributed by atoms with E-state index in [0.717, 1.165) is 5.69 Å². The number of hydrogen-bond acceptors (Lipinski definition) is 5. The molecule has 0 aliphatic heterocycles. The molecule has 0 aliphatic rings. The zero-order chi connectivity index (χ0) is 13.7. The van der Waals surface area contributed by atoms with Gasteiger partial charge in [-0.3, -0.25) is 4.79 Å². The molecule has 1 aromatic heterocycles. The molecule has 1 unspecified atom stereocenters. The van der Waals surface area contributed by atoms with Gasteiger partial charge in [0.05, 0.1) is 11.4 Å². The van der Waals surface area contributed by atoms with Gasteiger partial charge >= 0.3 is 0 Å². The number of hydrogen-bond donors (Lipinski definition) is 2. The van der Waals surface area contributed by atoms with Gasteiger partial charge < -0.3 is 11.1 Å². The summed E-state index contributed by atoms with van der Waals surface area (Å²) in [5.41, 5.74) is 7.03. The molecule has 1 heterocycles. The summed E-state index contributed by atoms with van der Waals surface area (Å²) in [6, 6.07) is 7.35. The van der Waals surface area contributed by atoms with Gasteiger partial charge in [0.15, 0.2) is 0 Å². The first-order valence-electron chi connectivity index (χ1n) is 6.04. The Kier molecular flexibility index (Phi) is 4.19. The number of para-hydroxylation sites is 2. The number of tetrazole rings is 1. The summed E-state index contributed by atoms with van der Waals surface area (Å²) in [5, 5.41) is 13.8. The van der Waals surface area contributed by atoms with Crippen LogP contribution in [-0.4, -0.2) is 32.2 Å². The van der Waals surface area contributed by atoms with Crippen LogP contribution < -0.4 is 11.1 Å². The fourth-order valence-corrected chi connectivity index (χ4v) is 1.62. The van der Waals surface area contributed by atoms with Crippen LogP contribution in [0.15, 0.2) is 30.6 Å². The number of amides is 1. The molecule has 0 saturated carbocycles. The van der Waals surface area contributed by atoms with Crippen LogP contribution in [0.25, 0.3) is 5.69 Å². The number of carbonyl (C=O) groups is 1. The maximum Gasteiger partial charge on any atom is 0.224 e. The predicted molar refractivity (Wildman–Crippen MR) is 70.7 cm³/mol. The monoisotopic (exact) mass is 260 g/mol. The molecule has 0 bridgehead atoms. The van der Waals surface area contributed by atoms with E-state index in [-0.39, 0.29) is 11.9 Å². The van der Waals surface area contributed by atoms with E-state index in [2.05, 4.69) is 20.8 Å². The molecule has 7 nitrogen and oxygen atoms in total. The highest BCUT2D eigenvalue weighted by Gasteiger charge is 2.09. The van der Waals surface area contributed by atoms with E-state index in [1.807, 2.05) is 25.1 Å². The molecule has 19 heavy (non-hydrogen) atoms. The highest BCUT2D eigenvalue weighted by molar-refractivity contribution is 5.92. The fourth-order valence-electron chi connectivity index (χ4n) is 1.62. The van der Waals surface area contributed by atoms with Crippen molar-refractivity contribution in [3.8, 4) is 5.69 Å². The van der Waals surface area contributed by atoms with Gasteiger partial charge in [-0.15, -0.1) is 5.10 Å². The summed E-state index contributed by atoms with van der Waals surface area (Å²) in [7, 11) is 0. The van der Waals surface area contributed by atoms with Crippen molar-refractivity contribution in [3.63, 3.8) is 0 Å². The van der Waals surface area contributed by atoms with Crippen molar-refractivity contribution < 1.29 is 4.79 Å². The molecule has 0 aliphatic carbocycles. The van der Waals surface area contributed by atoms with Crippen molar-refractivity contribution in [1.29, 1.82) is 0 Å².